The second-order valence-corrected chi connectivity index (χ2v) is 5.21. The van der Waals surface area contributed by atoms with Crippen LogP contribution in [0, 0.1) is 11.3 Å². The van der Waals surface area contributed by atoms with E-state index in [0.717, 1.165) is 0 Å². The molecule has 1 aliphatic rings. The Morgan fingerprint density at radius 2 is 1.88 bits per heavy atom. The number of carbonyl (C=O) groups excluding carboxylic acids is 2. The minimum atomic E-state index is -0.919. The summed E-state index contributed by atoms with van der Waals surface area (Å²) in [6.07, 6.45) is -0.919. The van der Waals surface area contributed by atoms with Crippen molar-refractivity contribution in [3.8, 4) is 17.6 Å². The Morgan fingerprint density at radius 1 is 1.16 bits per heavy atom. The first-order chi connectivity index (χ1) is 12.2. The Hall–Kier alpha value is -3.53. The molecule has 1 aliphatic heterocycles. The van der Waals surface area contributed by atoms with Gasteiger partial charge < -0.3 is 19.5 Å². The number of hydrogen-bond donors (Lipinski definition) is 1. The number of carbonyl (C=O) groups is 2. The van der Waals surface area contributed by atoms with E-state index in [1.165, 1.54) is 0 Å². The largest absolute Gasteiger partial charge is 0.485 e. The van der Waals surface area contributed by atoms with E-state index in [0.29, 0.717) is 22.7 Å². The van der Waals surface area contributed by atoms with E-state index in [-0.39, 0.29) is 6.61 Å². The Kier molecular flexibility index (Phi) is 4.81. The Bertz CT molecular complexity index is 826. The maximum Gasteiger partial charge on any atom is 0.351 e. The number of nitrogens with zero attached hydrogens (tertiary/aromatic N) is 1. The van der Waals surface area contributed by atoms with Gasteiger partial charge >= 0.3 is 5.97 Å². The molecule has 0 spiro atoms. The number of anilines is 1. The van der Waals surface area contributed by atoms with Crippen molar-refractivity contribution in [3.63, 3.8) is 0 Å². The molecule has 1 N–H and O–H groups in total. The van der Waals surface area contributed by atoms with Gasteiger partial charge in [0.05, 0.1) is 11.6 Å². The first kappa shape index (κ1) is 16.3. The number of ether oxygens (including phenoxy) is 3. The second kappa shape index (κ2) is 7.36. The van der Waals surface area contributed by atoms with Crippen LogP contribution in [0.15, 0.2) is 48.5 Å². The molecule has 0 saturated heterocycles. The fourth-order valence-corrected chi connectivity index (χ4v) is 2.19. The van der Waals surface area contributed by atoms with E-state index in [2.05, 4.69) is 5.32 Å². The lowest BCUT2D eigenvalue weighted by atomic mass is 10.2. The zero-order valence-corrected chi connectivity index (χ0v) is 13.1. The molecule has 7 heteroatoms. The third kappa shape index (κ3) is 4.06. The molecular weight excluding hydrogens is 324 g/mol. The molecule has 3 rings (SSSR count). The van der Waals surface area contributed by atoms with E-state index < -0.39 is 24.6 Å². The summed E-state index contributed by atoms with van der Waals surface area (Å²) in [6, 6.07) is 15.3. The summed E-state index contributed by atoms with van der Waals surface area (Å²) in [4.78, 5) is 23.8. The molecule has 1 amide bonds. The van der Waals surface area contributed by atoms with Crippen molar-refractivity contribution in [3.05, 3.63) is 54.1 Å². The minimum Gasteiger partial charge on any atom is -0.485 e. The van der Waals surface area contributed by atoms with E-state index in [1.54, 1.807) is 48.5 Å². The summed E-state index contributed by atoms with van der Waals surface area (Å²) in [6.45, 7) is -0.423. The predicted octanol–water partition coefficient (Wildman–Crippen LogP) is 1.88. The molecule has 7 nitrogen and oxygen atoms in total. The average molecular weight is 338 g/mol. The van der Waals surface area contributed by atoms with Gasteiger partial charge in [0.1, 0.15) is 6.61 Å². The number of esters is 1. The van der Waals surface area contributed by atoms with Gasteiger partial charge in [0.15, 0.2) is 18.1 Å². The van der Waals surface area contributed by atoms with E-state index in [4.69, 9.17) is 19.5 Å². The number of benzene rings is 2. The van der Waals surface area contributed by atoms with Crippen molar-refractivity contribution < 1.29 is 23.8 Å². The van der Waals surface area contributed by atoms with Gasteiger partial charge in [0.2, 0.25) is 6.10 Å². The van der Waals surface area contributed by atoms with Crippen LogP contribution in [0.5, 0.6) is 11.5 Å². The third-order valence-corrected chi connectivity index (χ3v) is 3.41. The van der Waals surface area contributed by atoms with Crippen LogP contribution in [0.1, 0.15) is 5.56 Å². The highest BCUT2D eigenvalue weighted by atomic mass is 16.6. The smallest absolute Gasteiger partial charge is 0.351 e. The molecule has 126 valence electrons. The molecule has 25 heavy (non-hydrogen) atoms. The van der Waals surface area contributed by atoms with E-state index >= 15 is 0 Å². The predicted molar refractivity (Wildman–Crippen MR) is 87.1 cm³/mol. The van der Waals surface area contributed by atoms with Crippen LogP contribution >= 0.6 is 0 Å². The normalized spacial score (nSPS) is 14.9. The molecular formula is C18H14N2O5. The number of hydrogen-bond acceptors (Lipinski definition) is 6. The topological polar surface area (TPSA) is 97.7 Å². The first-order valence-corrected chi connectivity index (χ1v) is 7.51. The monoisotopic (exact) mass is 338 g/mol. The summed E-state index contributed by atoms with van der Waals surface area (Å²) < 4.78 is 15.9. The van der Waals surface area contributed by atoms with Crippen molar-refractivity contribution in [1.82, 2.24) is 0 Å². The van der Waals surface area contributed by atoms with Crippen LogP contribution < -0.4 is 14.8 Å². The molecule has 1 atom stereocenters. The fourth-order valence-electron chi connectivity index (χ4n) is 2.19. The number of rotatable bonds is 4. The lowest BCUT2D eigenvalue weighted by Crippen LogP contribution is -2.39. The van der Waals surface area contributed by atoms with Crippen LogP contribution in [-0.4, -0.2) is 31.2 Å². The Morgan fingerprint density at radius 3 is 2.60 bits per heavy atom. The Balaban J connectivity index is 1.49. The zero-order chi connectivity index (χ0) is 17.6. The number of nitrogens with one attached hydrogen (secondary N) is 1. The SMILES string of the molecule is N#Cc1ccc(NC(=O)COC(=O)[C@H]2COc3ccccc3O2)cc1. The second-order valence-electron chi connectivity index (χ2n) is 5.21. The van der Waals surface area contributed by atoms with Crippen molar-refractivity contribution in [2.75, 3.05) is 18.5 Å². The zero-order valence-electron chi connectivity index (χ0n) is 13.1. The minimum absolute atomic E-state index is 0.0209. The van der Waals surface area contributed by atoms with Gasteiger partial charge in [-0.25, -0.2) is 4.79 Å². The van der Waals surface area contributed by atoms with E-state index in [9.17, 15) is 9.59 Å². The van der Waals surface area contributed by atoms with Gasteiger partial charge in [-0.1, -0.05) is 12.1 Å². The Labute approximate surface area is 143 Å². The highest BCUT2D eigenvalue weighted by Crippen LogP contribution is 2.31. The van der Waals surface area contributed by atoms with Crippen LogP contribution in [0.3, 0.4) is 0 Å². The lowest BCUT2D eigenvalue weighted by Gasteiger charge is -2.24. The van der Waals surface area contributed by atoms with E-state index in [1.807, 2.05) is 6.07 Å². The highest BCUT2D eigenvalue weighted by molar-refractivity contribution is 5.93. The van der Waals surface area contributed by atoms with Crippen LogP contribution in [0.4, 0.5) is 5.69 Å². The van der Waals surface area contributed by atoms with Crippen LogP contribution in [0.2, 0.25) is 0 Å². The summed E-state index contributed by atoms with van der Waals surface area (Å²) in [5.74, 6) is -0.150. The van der Waals surface area contributed by atoms with Gasteiger partial charge in [0, 0.05) is 5.69 Å². The maximum atomic E-state index is 12.0. The number of fused-ring (bicyclic) bond motifs is 1. The van der Waals surface area contributed by atoms with Gasteiger partial charge in [-0.15, -0.1) is 0 Å². The first-order valence-electron chi connectivity index (χ1n) is 7.51. The van der Waals surface area contributed by atoms with Crippen molar-refractivity contribution >= 4 is 17.6 Å². The van der Waals surface area contributed by atoms with Gasteiger partial charge in [-0.3, -0.25) is 4.79 Å². The molecule has 0 unspecified atom stereocenters. The van der Waals surface area contributed by atoms with Crippen molar-refractivity contribution in [2.45, 2.75) is 6.10 Å². The van der Waals surface area contributed by atoms with Crippen LogP contribution in [0.25, 0.3) is 0 Å². The summed E-state index contributed by atoms with van der Waals surface area (Å²) in [5, 5.41) is 11.3. The molecule has 2 aromatic carbocycles. The summed E-state index contributed by atoms with van der Waals surface area (Å²) >= 11 is 0. The summed E-state index contributed by atoms with van der Waals surface area (Å²) in [5.41, 5.74) is 0.991. The molecule has 0 fully saturated rings. The molecule has 0 aliphatic carbocycles. The van der Waals surface area contributed by atoms with Gasteiger partial charge in [-0.05, 0) is 36.4 Å². The maximum absolute atomic E-state index is 12.0. The average Bonchev–Trinajstić information content (AvgIpc) is 2.66. The number of para-hydroxylation sites is 2. The lowest BCUT2D eigenvalue weighted by molar-refractivity contribution is -0.156. The molecule has 2 aromatic rings. The quantitative estimate of drug-likeness (QED) is 0.855. The number of nitriles is 1. The molecule has 0 bridgehead atoms. The molecule has 0 aromatic heterocycles. The van der Waals surface area contributed by atoms with Gasteiger partial charge in [-0.2, -0.15) is 5.26 Å². The molecule has 0 radical (unpaired) electrons. The van der Waals surface area contributed by atoms with Crippen LogP contribution in [-0.2, 0) is 14.3 Å². The fraction of sp³-hybridized carbons (Fsp3) is 0.167. The van der Waals surface area contributed by atoms with Crippen molar-refractivity contribution in [2.24, 2.45) is 0 Å². The van der Waals surface area contributed by atoms with Gasteiger partial charge in [0.25, 0.3) is 5.91 Å². The third-order valence-electron chi connectivity index (χ3n) is 3.41. The number of amides is 1. The summed E-state index contributed by atoms with van der Waals surface area (Å²) in [7, 11) is 0. The van der Waals surface area contributed by atoms with Crippen molar-refractivity contribution in [1.29, 1.82) is 5.26 Å². The molecule has 0 saturated carbocycles. The highest BCUT2D eigenvalue weighted by Gasteiger charge is 2.29. The standard InChI is InChI=1S/C18H14N2O5/c19-9-12-5-7-13(8-6-12)20-17(21)11-24-18(22)16-10-23-14-3-1-2-4-15(14)25-16/h1-8,16H,10-11H2,(H,20,21)/t16-/m1/s1. The molecule has 1 heterocycles.